The van der Waals surface area contributed by atoms with Crippen molar-refractivity contribution in [2.24, 2.45) is 0 Å². The summed E-state index contributed by atoms with van der Waals surface area (Å²) in [7, 11) is -6.64. The van der Waals surface area contributed by atoms with E-state index in [2.05, 4.69) is 0 Å². The van der Waals surface area contributed by atoms with E-state index < -0.39 is 30.1 Å². The van der Waals surface area contributed by atoms with Gasteiger partial charge in [0.05, 0.1) is 0 Å². The minimum absolute atomic E-state index is 0.565. The maximum Gasteiger partial charge on any atom is 0.351 e. The van der Waals surface area contributed by atoms with Crippen LogP contribution in [0.25, 0.3) is 0 Å². The van der Waals surface area contributed by atoms with Gasteiger partial charge in [-0.2, -0.15) is 0 Å². The van der Waals surface area contributed by atoms with E-state index in [0.29, 0.717) is 0 Å². The first-order chi connectivity index (χ1) is 6.06. The van der Waals surface area contributed by atoms with E-state index in [1.165, 1.54) is 0 Å². The Hall–Kier alpha value is 1.11. The fourth-order valence-corrected chi connectivity index (χ4v) is 18.2. The average Bonchev–Trinajstić information content (AvgIpc) is 1.76. The largest absolute Gasteiger partial charge is 0.416 e. The van der Waals surface area contributed by atoms with Gasteiger partial charge in [0, 0.05) is 0 Å². The minimum atomic E-state index is -2.46. The molecule has 0 aromatic rings. The molecule has 8 heteroatoms. The van der Waals surface area contributed by atoms with Gasteiger partial charge in [0.2, 0.25) is 0 Å². The van der Waals surface area contributed by atoms with Crippen molar-refractivity contribution in [1.82, 2.24) is 0 Å². The molecule has 0 atom stereocenters. The Morgan fingerprint density at radius 1 is 0.786 bits per heavy atom. The monoisotopic (exact) mass is 290 g/mol. The molecule has 0 aromatic heterocycles. The van der Waals surface area contributed by atoms with Gasteiger partial charge in [0.15, 0.2) is 0 Å². The molecule has 1 saturated heterocycles. The molecule has 1 fully saturated rings. The standard InChI is InChI=1S/C6H16Cl2O3Si3/c1-12(2)9-13(3,4)11-14(5,10-12)6(7)8/h6H,1-5H3. The van der Waals surface area contributed by atoms with Crippen LogP contribution in [0.4, 0.5) is 0 Å². The molecule has 1 heterocycles. The first kappa shape index (κ1) is 13.2. The van der Waals surface area contributed by atoms with Gasteiger partial charge in [0.1, 0.15) is 4.46 Å². The quantitative estimate of drug-likeness (QED) is 0.549. The van der Waals surface area contributed by atoms with Crippen LogP contribution in [0.1, 0.15) is 0 Å². The van der Waals surface area contributed by atoms with Crippen molar-refractivity contribution in [3.8, 4) is 0 Å². The lowest BCUT2D eigenvalue weighted by Gasteiger charge is -2.48. The van der Waals surface area contributed by atoms with Crippen LogP contribution in [0, 0.1) is 0 Å². The molecule has 0 aromatic carbocycles. The zero-order chi connectivity index (χ0) is 11.2. The van der Waals surface area contributed by atoms with Gasteiger partial charge < -0.3 is 12.3 Å². The lowest BCUT2D eigenvalue weighted by molar-refractivity contribution is 0.235. The summed E-state index contributed by atoms with van der Waals surface area (Å²) in [6, 6.07) is 0. The fourth-order valence-electron chi connectivity index (χ4n) is 1.72. The van der Waals surface area contributed by atoms with Crippen LogP contribution in [0.15, 0.2) is 0 Å². The molecular formula is C6H16Cl2O3Si3. The predicted octanol–water partition coefficient (Wildman–Crippen LogP) is 2.87. The van der Waals surface area contributed by atoms with Crippen molar-refractivity contribution in [3.63, 3.8) is 0 Å². The van der Waals surface area contributed by atoms with Crippen molar-refractivity contribution in [3.05, 3.63) is 0 Å². The molecule has 0 aliphatic carbocycles. The number of hydrogen-bond acceptors (Lipinski definition) is 3. The van der Waals surface area contributed by atoms with Gasteiger partial charge in [-0.05, 0) is 32.7 Å². The van der Waals surface area contributed by atoms with Crippen LogP contribution < -0.4 is 0 Å². The van der Waals surface area contributed by atoms with Gasteiger partial charge in [-0.15, -0.1) is 23.2 Å². The van der Waals surface area contributed by atoms with Crippen molar-refractivity contribution < 1.29 is 12.3 Å². The Morgan fingerprint density at radius 3 is 1.43 bits per heavy atom. The number of hydrogen-bond donors (Lipinski definition) is 0. The molecule has 0 amide bonds. The van der Waals surface area contributed by atoms with E-state index in [1.807, 2.05) is 32.7 Å². The average molecular weight is 291 g/mol. The van der Waals surface area contributed by atoms with Crippen LogP contribution in [0.2, 0.25) is 32.7 Å². The molecule has 14 heavy (non-hydrogen) atoms. The summed E-state index contributed by atoms with van der Waals surface area (Å²) in [6.07, 6.45) is 0. The molecule has 1 rings (SSSR count). The summed E-state index contributed by atoms with van der Waals surface area (Å²) in [5, 5.41) is 0. The van der Waals surface area contributed by atoms with E-state index in [-0.39, 0.29) is 0 Å². The summed E-state index contributed by atoms with van der Waals surface area (Å²) in [4.78, 5) is 0. The van der Waals surface area contributed by atoms with Crippen LogP contribution in [0.5, 0.6) is 0 Å². The summed E-state index contributed by atoms with van der Waals surface area (Å²) in [5.41, 5.74) is 0. The van der Waals surface area contributed by atoms with Gasteiger partial charge in [-0.3, -0.25) is 0 Å². The van der Waals surface area contributed by atoms with Crippen molar-refractivity contribution >= 4 is 48.9 Å². The SMILES string of the molecule is C[Si]1(C)O[Si](C)(C)O[Si](C)(C(Cl)Cl)O1. The van der Waals surface area contributed by atoms with Gasteiger partial charge in [0.25, 0.3) is 0 Å². The Kier molecular flexibility index (Phi) is 3.62. The molecule has 0 radical (unpaired) electrons. The van der Waals surface area contributed by atoms with Crippen molar-refractivity contribution in [2.45, 2.75) is 37.2 Å². The highest BCUT2D eigenvalue weighted by Gasteiger charge is 2.55. The third-order valence-corrected chi connectivity index (χ3v) is 16.1. The highest BCUT2D eigenvalue weighted by Crippen LogP contribution is 2.34. The van der Waals surface area contributed by atoms with E-state index in [4.69, 9.17) is 35.5 Å². The van der Waals surface area contributed by atoms with Crippen molar-refractivity contribution in [2.75, 3.05) is 0 Å². The number of halogens is 2. The second kappa shape index (κ2) is 3.85. The first-order valence-corrected chi connectivity index (χ1v) is 13.3. The molecule has 1 aliphatic heterocycles. The topological polar surface area (TPSA) is 27.7 Å². The molecule has 1 aliphatic rings. The fraction of sp³-hybridized carbons (Fsp3) is 1.00. The smallest absolute Gasteiger partial charge is 0.351 e. The molecule has 0 N–H and O–H groups in total. The van der Waals surface area contributed by atoms with Crippen LogP contribution in [-0.4, -0.2) is 30.1 Å². The Bertz CT molecular complexity index is 218. The van der Waals surface area contributed by atoms with Gasteiger partial charge in [-0.25, -0.2) is 0 Å². The summed E-state index contributed by atoms with van der Waals surface area (Å²) in [5.74, 6) is 0. The molecule has 0 saturated carbocycles. The molecule has 84 valence electrons. The third kappa shape index (κ3) is 3.05. The Morgan fingerprint density at radius 2 is 1.14 bits per heavy atom. The summed E-state index contributed by atoms with van der Waals surface area (Å²) < 4.78 is 17.0. The summed E-state index contributed by atoms with van der Waals surface area (Å²) in [6.45, 7) is 9.93. The van der Waals surface area contributed by atoms with Gasteiger partial charge >= 0.3 is 25.7 Å². The third-order valence-electron chi connectivity index (χ3n) is 1.78. The minimum Gasteiger partial charge on any atom is -0.416 e. The lowest BCUT2D eigenvalue weighted by Crippen LogP contribution is -2.67. The number of rotatable bonds is 1. The second-order valence-corrected chi connectivity index (χ2v) is 16.9. The van der Waals surface area contributed by atoms with Crippen LogP contribution in [0.3, 0.4) is 0 Å². The Labute approximate surface area is 98.4 Å². The molecule has 0 bridgehead atoms. The van der Waals surface area contributed by atoms with E-state index >= 15 is 0 Å². The Balaban J connectivity index is 2.92. The zero-order valence-corrected chi connectivity index (χ0v) is 13.6. The maximum absolute atomic E-state index is 5.92. The van der Waals surface area contributed by atoms with Gasteiger partial charge in [-0.1, -0.05) is 0 Å². The lowest BCUT2D eigenvalue weighted by atomic mass is 11.8. The summed E-state index contributed by atoms with van der Waals surface area (Å²) >= 11 is 11.8. The van der Waals surface area contributed by atoms with Crippen LogP contribution >= 0.6 is 23.2 Å². The highest BCUT2D eigenvalue weighted by molar-refractivity contribution is 6.98. The molecular weight excluding hydrogens is 275 g/mol. The van der Waals surface area contributed by atoms with E-state index in [9.17, 15) is 0 Å². The number of alkyl halides is 2. The van der Waals surface area contributed by atoms with Crippen LogP contribution in [-0.2, 0) is 12.3 Å². The maximum atomic E-state index is 5.92. The first-order valence-electron chi connectivity index (χ1n) is 4.45. The van der Waals surface area contributed by atoms with E-state index in [1.54, 1.807) is 0 Å². The van der Waals surface area contributed by atoms with Crippen molar-refractivity contribution in [1.29, 1.82) is 0 Å². The van der Waals surface area contributed by atoms with E-state index in [0.717, 1.165) is 0 Å². The normalized spacial score (nSPS) is 29.1. The molecule has 0 spiro atoms. The molecule has 3 nitrogen and oxygen atoms in total. The predicted molar refractivity (Wildman–Crippen MR) is 65.3 cm³/mol. The highest BCUT2D eigenvalue weighted by atomic mass is 35.5. The zero-order valence-electron chi connectivity index (χ0n) is 9.06. The molecule has 0 unspecified atom stereocenters. The second-order valence-electron chi connectivity index (χ2n) is 4.42.